The summed E-state index contributed by atoms with van der Waals surface area (Å²) in [7, 11) is 1.29. The van der Waals surface area contributed by atoms with Gasteiger partial charge in [-0.3, -0.25) is 4.90 Å². The Morgan fingerprint density at radius 3 is 2.50 bits per heavy atom. The number of morpholine rings is 1. The minimum Gasteiger partial charge on any atom is -0.465 e. The largest absolute Gasteiger partial charge is 0.465 e. The van der Waals surface area contributed by atoms with E-state index in [4.69, 9.17) is 13.9 Å². The summed E-state index contributed by atoms with van der Waals surface area (Å²) in [4.78, 5) is 14.6. The van der Waals surface area contributed by atoms with Gasteiger partial charge < -0.3 is 24.1 Å². The molecule has 1 aliphatic heterocycles. The molecule has 0 spiro atoms. The number of hydrogen-bond donors (Lipinski definition) is 2. The molecule has 4 rings (SSSR count). The highest BCUT2D eigenvalue weighted by Gasteiger charge is 2.39. The molecule has 1 aromatic heterocycles. The highest BCUT2D eigenvalue weighted by Crippen LogP contribution is 2.45. The summed E-state index contributed by atoms with van der Waals surface area (Å²) in [5, 5.41) is 21.6. The molecular weight excluding hydrogens is 338 g/mol. The highest BCUT2D eigenvalue weighted by atomic mass is 16.5. The number of carbonyl (C=O) groups excluding carboxylic acids is 1. The molecule has 26 heavy (non-hydrogen) atoms. The third kappa shape index (κ3) is 2.73. The second-order valence-corrected chi connectivity index (χ2v) is 6.49. The monoisotopic (exact) mass is 359 g/mol. The summed E-state index contributed by atoms with van der Waals surface area (Å²) in [5.74, 6) is 0.0263. The van der Waals surface area contributed by atoms with Crippen LogP contribution in [0, 0.1) is 0 Å². The van der Waals surface area contributed by atoms with Crippen molar-refractivity contribution in [2.75, 3.05) is 33.4 Å². The Kier molecular flexibility index (Phi) is 4.54. The lowest BCUT2D eigenvalue weighted by atomic mass is 9.84. The van der Waals surface area contributed by atoms with Crippen molar-refractivity contribution in [3.05, 3.63) is 58.0 Å². The predicted octanol–water partition coefficient (Wildman–Crippen LogP) is 1.38. The Labute approximate surface area is 150 Å². The van der Waals surface area contributed by atoms with Gasteiger partial charge in [-0.25, -0.2) is 4.79 Å². The fourth-order valence-electron chi connectivity index (χ4n) is 3.69. The molecule has 0 saturated carbocycles. The number of furan rings is 1. The molecule has 2 aliphatic rings. The van der Waals surface area contributed by atoms with Crippen LogP contribution in [0.25, 0.3) is 0 Å². The molecule has 0 amide bonds. The van der Waals surface area contributed by atoms with E-state index in [0.29, 0.717) is 42.2 Å². The molecule has 1 fully saturated rings. The molecule has 0 radical (unpaired) electrons. The zero-order valence-corrected chi connectivity index (χ0v) is 14.5. The van der Waals surface area contributed by atoms with Crippen LogP contribution in [0.2, 0.25) is 0 Å². The number of ether oxygens (including phenoxy) is 2. The van der Waals surface area contributed by atoms with Crippen LogP contribution in [0.1, 0.15) is 50.8 Å². The van der Waals surface area contributed by atoms with Crippen molar-refractivity contribution >= 4 is 5.97 Å². The van der Waals surface area contributed by atoms with Crippen LogP contribution >= 0.6 is 0 Å². The van der Waals surface area contributed by atoms with Gasteiger partial charge in [-0.2, -0.15) is 0 Å². The maximum absolute atomic E-state index is 12.5. The van der Waals surface area contributed by atoms with E-state index in [1.165, 1.54) is 7.11 Å². The van der Waals surface area contributed by atoms with Gasteiger partial charge in [-0.05, 0) is 11.1 Å². The molecule has 7 heteroatoms. The lowest BCUT2D eigenvalue weighted by Gasteiger charge is -2.25. The predicted molar refractivity (Wildman–Crippen MR) is 90.7 cm³/mol. The van der Waals surface area contributed by atoms with Gasteiger partial charge in [0.05, 0.1) is 26.9 Å². The number of carbonyl (C=O) groups is 1. The van der Waals surface area contributed by atoms with Crippen LogP contribution in [0.5, 0.6) is 0 Å². The van der Waals surface area contributed by atoms with E-state index in [9.17, 15) is 15.0 Å². The van der Waals surface area contributed by atoms with Crippen molar-refractivity contribution in [2.24, 2.45) is 0 Å². The molecule has 2 aromatic rings. The zero-order chi connectivity index (χ0) is 18.3. The van der Waals surface area contributed by atoms with Gasteiger partial charge in [-0.15, -0.1) is 0 Å². The zero-order valence-electron chi connectivity index (χ0n) is 14.5. The average molecular weight is 359 g/mol. The molecule has 7 nitrogen and oxygen atoms in total. The fraction of sp³-hybridized carbons (Fsp3) is 0.421. The van der Waals surface area contributed by atoms with E-state index >= 15 is 0 Å². The van der Waals surface area contributed by atoms with Crippen LogP contribution in [-0.4, -0.2) is 54.5 Å². The van der Waals surface area contributed by atoms with Crippen LogP contribution < -0.4 is 0 Å². The van der Waals surface area contributed by atoms with Crippen molar-refractivity contribution in [1.82, 2.24) is 4.90 Å². The summed E-state index contributed by atoms with van der Waals surface area (Å²) < 4.78 is 16.2. The summed E-state index contributed by atoms with van der Waals surface area (Å²) in [6.07, 6.45) is -2.09. The third-order valence-corrected chi connectivity index (χ3v) is 5.01. The third-order valence-electron chi connectivity index (χ3n) is 5.01. The van der Waals surface area contributed by atoms with Crippen LogP contribution in [0.3, 0.4) is 0 Å². The van der Waals surface area contributed by atoms with Crippen molar-refractivity contribution < 1.29 is 28.9 Å². The number of nitrogens with zero attached hydrogens (tertiary/aromatic N) is 1. The number of rotatable bonds is 3. The van der Waals surface area contributed by atoms with Gasteiger partial charge >= 0.3 is 5.97 Å². The summed E-state index contributed by atoms with van der Waals surface area (Å²) >= 11 is 0. The molecule has 2 unspecified atom stereocenters. The van der Waals surface area contributed by atoms with Gasteiger partial charge in [-0.1, -0.05) is 24.3 Å². The number of esters is 1. The van der Waals surface area contributed by atoms with Crippen LogP contribution in [0.15, 0.2) is 28.7 Å². The summed E-state index contributed by atoms with van der Waals surface area (Å²) in [5.41, 5.74) is 1.65. The fourth-order valence-corrected chi connectivity index (χ4v) is 3.69. The average Bonchev–Trinajstić information content (AvgIpc) is 3.06. The molecule has 0 bridgehead atoms. The number of benzene rings is 1. The maximum atomic E-state index is 12.5. The minimum atomic E-state index is -1.05. The Balaban J connectivity index is 1.80. The van der Waals surface area contributed by atoms with E-state index in [-0.39, 0.29) is 11.3 Å². The lowest BCUT2D eigenvalue weighted by molar-refractivity contribution is 0.0303. The SMILES string of the molecule is COC(=O)c1c(CN2CCOCC2)oc2c1C(O)c1ccccc1C2O. The first kappa shape index (κ1) is 17.2. The highest BCUT2D eigenvalue weighted by molar-refractivity contribution is 5.93. The number of hydrogen-bond acceptors (Lipinski definition) is 7. The molecule has 1 saturated heterocycles. The van der Waals surface area contributed by atoms with E-state index in [1.54, 1.807) is 24.3 Å². The van der Waals surface area contributed by atoms with E-state index in [2.05, 4.69) is 4.90 Å². The van der Waals surface area contributed by atoms with Gasteiger partial charge in [0.2, 0.25) is 0 Å². The van der Waals surface area contributed by atoms with Crippen molar-refractivity contribution in [3.63, 3.8) is 0 Å². The van der Waals surface area contributed by atoms with Gasteiger partial charge in [0.1, 0.15) is 29.3 Å². The number of fused-ring (bicyclic) bond motifs is 2. The summed E-state index contributed by atoms with van der Waals surface area (Å²) in [6, 6.07) is 7.06. The first-order valence-corrected chi connectivity index (χ1v) is 8.60. The van der Waals surface area contributed by atoms with Gasteiger partial charge in [0, 0.05) is 18.7 Å². The number of aliphatic hydroxyl groups is 2. The van der Waals surface area contributed by atoms with E-state index < -0.39 is 18.2 Å². The normalized spacial score (nSPS) is 22.6. The Morgan fingerprint density at radius 2 is 1.85 bits per heavy atom. The van der Waals surface area contributed by atoms with Crippen molar-refractivity contribution in [1.29, 1.82) is 0 Å². The smallest absolute Gasteiger partial charge is 0.341 e. The number of aliphatic hydroxyl groups excluding tert-OH is 2. The van der Waals surface area contributed by atoms with E-state index in [0.717, 1.165) is 13.1 Å². The van der Waals surface area contributed by atoms with Crippen molar-refractivity contribution in [2.45, 2.75) is 18.8 Å². The molecule has 2 N–H and O–H groups in total. The Morgan fingerprint density at radius 1 is 1.19 bits per heavy atom. The van der Waals surface area contributed by atoms with Crippen molar-refractivity contribution in [3.8, 4) is 0 Å². The Hall–Kier alpha value is -2.19. The number of methoxy groups -OCH3 is 1. The maximum Gasteiger partial charge on any atom is 0.341 e. The minimum absolute atomic E-state index is 0.204. The van der Waals surface area contributed by atoms with E-state index in [1.807, 2.05) is 0 Å². The molecule has 1 aromatic carbocycles. The standard InChI is InChI=1S/C19H21NO6/c1-24-19(23)14-13(10-20-6-8-25-9-7-20)26-18-15(14)16(21)11-4-2-3-5-12(11)17(18)22/h2-5,16-17,21-22H,6-10H2,1H3. The first-order chi connectivity index (χ1) is 12.6. The Bertz CT molecular complexity index is 823. The quantitative estimate of drug-likeness (QED) is 0.800. The molecule has 1 aliphatic carbocycles. The summed E-state index contributed by atoms with van der Waals surface area (Å²) in [6.45, 7) is 3.06. The lowest BCUT2D eigenvalue weighted by Crippen LogP contribution is -2.36. The molecule has 138 valence electrons. The van der Waals surface area contributed by atoms with Crippen LogP contribution in [-0.2, 0) is 16.0 Å². The molecule has 2 heterocycles. The van der Waals surface area contributed by atoms with Gasteiger partial charge in [0.15, 0.2) is 0 Å². The second kappa shape index (κ2) is 6.85. The molecule has 2 atom stereocenters. The first-order valence-electron chi connectivity index (χ1n) is 8.60. The second-order valence-electron chi connectivity index (χ2n) is 6.49. The van der Waals surface area contributed by atoms with Gasteiger partial charge in [0.25, 0.3) is 0 Å². The van der Waals surface area contributed by atoms with Crippen LogP contribution in [0.4, 0.5) is 0 Å². The topological polar surface area (TPSA) is 92.4 Å². The molecular formula is C19H21NO6.